The molecule has 0 atom stereocenters. The van der Waals surface area contributed by atoms with Crippen LogP contribution in [0, 0.1) is 6.92 Å². The minimum atomic E-state index is -4.76. The van der Waals surface area contributed by atoms with Gasteiger partial charge in [-0.2, -0.15) is 8.78 Å². The number of benzene rings is 1. The summed E-state index contributed by atoms with van der Waals surface area (Å²) in [5, 5.41) is 17.8. The summed E-state index contributed by atoms with van der Waals surface area (Å²) in [6.07, 6.45) is 0. The van der Waals surface area contributed by atoms with Crippen LogP contribution in [0.2, 0.25) is 0 Å². The van der Waals surface area contributed by atoms with Crippen molar-refractivity contribution in [3.63, 3.8) is 0 Å². The van der Waals surface area contributed by atoms with E-state index in [0.29, 0.717) is 5.56 Å². The van der Waals surface area contributed by atoms with Gasteiger partial charge in [-0.3, -0.25) is 4.72 Å². The molecule has 17 heavy (non-hydrogen) atoms. The Kier molecular flexibility index (Phi) is 4.07. The van der Waals surface area contributed by atoms with E-state index in [2.05, 4.69) is 0 Å². The molecule has 5 nitrogen and oxygen atoms in total. The molecule has 0 aliphatic carbocycles. The van der Waals surface area contributed by atoms with Crippen molar-refractivity contribution in [1.82, 2.24) is 0 Å². The molecule has 0 amide bonds. The maximum Gasteiger partial charge on any atom is 0.488 e. The van der Waals surface area contributed by atoms with Gasteiger partial charge < -0.3 is 10.0 Å². The van der Waals surface area contributed by atoms with Gasteiger partial charge in [-0.25, -0.2) is 8.42 Å². The predicted octanol–water partition coefficient (Wildman–Crippen LogP) is -0.361. The molecule has 0 saturated heterocycles. The van der Waals surface area contributed by atoms with E-state index in [0.717, 1.165) is 6.07 Å². The van der Waals surface area contributed by atoms with Crippen molar-refractivity contribution in [1.29, 1.82) is 0 Å². The first kappa shape index (κ1) is 13.9. The summed E-state index contributed by atoms with van der Waals surface area (Å²) in [5.74, 6) is -3.55. The summed E-state index contributed by atoms with van der Waals surface area (Å²) in [5.41, 5.74) is 0.275. The number of alkyl halides is 2. The van der Waals surface area contributed by atoms with Crippen molar-refractivity contribution in [3.8, 4) is 0 Å². The van der Waals surface area contributed by atoms with Gasteiger partial charge in [0.15, 0.2) is 0 Å². The molecule has 0 heterocycles. The fraction of sp³-hybridized carbons (Fsp3) is 0.250. The largest absolute Gasteiger partial charge is 0.488 e. The van der Waals surface area contributed by atoms with E-state index in [1.807, 2.05) is 0 Å². The summed E-state index contributed by atoms with van der Waals surface area (Å²) >= 11 is 0. The Morgan fingerprint density at radius 2 is 1.94 bits per heavy atom. The zero-order chi connectivity index (χ0) is 13.2. The summed E-state index contributed by atoms with van der Waals surface area (Å²) in [6, 6.07) is 3.82. The fourth-order valence-corrected chi connectivity index (χ4v) is 1.72. The van der Waals surface area contributed by atoms with Crippen LogP contribution >= 0.6 is 0 Å². The van der Waals surface area contributed by atoms with E-state index >= 15 is 0 Å². The normalized spacial score (nSPS) is 11.6. The SMILES string of the molecule is Cc1ccc(B(O)O)cc1NS(=O)(=O)C(F)F. The maximum atomic E-state index is 12.1. The lowest BCUT2D eigenvalue weighted by molar-refractivity contribution is 0.236. The number of sulfonamides is 1. The molecule has 0 radical (unpaired) electrons. The fourth-order valence-electron chi connectivity index (χ4n) is 1.11. The van der Waals surface area contributed by atoms with Crippen LogP contribution in [0.25, 0.3) is 0 Å². The highest BCUT2D eigenvalue weighted by molar-refractivity contribution is 7.93. The molecule has 0 aromatic heterocycles. The van der Waals surface area contributed by atoms with Crippen LogP contribution in [-0.2, 0) is 10.0 Å². The molecule has 0 aliphatic rings. The molecular weight excluding hydrogens is 255 g/mol. The van der Waals surface area contributed by atoms with Crippen molar-refractivity contribution in [3.05, 3.63) is 23.8 Å². The Bertz CT molecular complexity index is 506. The molecule has 1 rings (SSSR count). The van der Waals surface area contributed by atoms with Crippen molar-refractivity contribution in [2.24, 2.45) is 0 Å². The van der Waals surface area contributed by atoms with Crippen molar-refractivity contribution < 1.29 is 27.2 Å². The van der Waals surface area contributed by atoms with E-state index in [9.17, 15) is 17.2 Å². The lowest BCUT2D eigenvalue weighted by Gasteiger charge is -2.11. The molecule has 9 heteroatoms. The Hall–Kier alpha value is -1.19. The van der Waals surface area contributed by atoms with E-state index in [4.69, 9.17) is 10.0 Å². The Morgan fingerprint density at radius 3 is 2.41 bits per heavy atom. The number of aryl methyl sites for hydroxylation is 1. The summed E-state index contributed by atoms with van der Waals surface area (Å²) in [6.45, 7) is 1.50. The van der Waals surface area contributed by atoms with Crippen LogP contribution in [0.4, 0.5) is 14.5 Å². The molecular formula is C8H10BF2NO4S. The second-order valence-corrected chi connectivity index (χ2v) is 5.01. The molecule has 0 fully saturated rings. The highest BCUT2D eigenvalue weighted by atomic mass is 32.2. The van der Waals surface area contributed by atoms with Gasteiger partial charge in [0.25, 0.3) is 10.0 Å². The van der Waals surface area contributed by atoms with Gasteiger partial charge in [0.1, 0.15) is 0 Å². The zero-order valence-electron chi connectivity index (χ0n) is 8.76. The lowest BCUT2D eigenvalue weighted by atomic mass is 9.80. The van der Waals surface area contributed by atoms with E-state index < -0.39 is 22.9 Å². The van der Waals surface area contributed by atoms with Gasteiger partial charge in [-0.15, -0.1) is 0 Å². The van der Waals surface area contributed by atoms with Crippen LogP contribution in [-0.4, -0.2) is 31.3 Å². The topological polar surface area (TPSA) is 86.6 Å². The van der Waals surface area contributed by atoms with Crippen LogP contribution < -0.4 is 10.2 Å². The molecule has 94 valence electrons. The number of halogens is 2. The van der Waals surface area contributed by atoms with Gasteiger partial charge in [0.2, 0.25) is 0 Å². The number of anilines is 1. The van der Waals surface area contributed by atoms with Crippen LogP contribution in [0.1, 0.15) is 5.56 Å². The van der Waals surface area contributed by atoms with Crippen molar-refractivity contribution in [2.45, 2.75) is 12.7 Å². The Labute approximate surface area is 97.3 Å². The number of rotatable bonds is 4. The van der Waals surface area contributed by atoms with Gasteiger partial charge >= 0.3 is 12.9 Å². The van der Waals surface area contributed by atoms with E-state index in [-0.39, 0.29) is 11.2 Å². The highest BCUT2D eigenvalue weighted by Crippen LogP contribution is 2.17. The summed E-state index contributed by atoms with van der Waals surface area (Å²) in [7, 11) is -6.56. The zero-order valence-corrected chi connectivity index (χ0v) is 9.58. The predicted molar refractivity (Wildman–Crippen MR) is 59.6 cm³/mol. The molecule has 1 aromatic carbocycles. The third-order valence-corrected chi connectivity index (χ3v) is 3.02. The maximum absolute atomic E-state index is 12.1. The third kappa shape index (κ3) is 3.38. The minimum absolute atomic E-state index is 0.00238. The average molecular weight is 265 g/mol. The number of hydrogen-bond acceptors (Lipinski definition) is 4. The first-order valence-corrected chi connectivity index (χ1v) is 6.05. The molecule has 0 aliphatic heterocycles. The molecule has 0 bridgehead atoms. The van der Waals surface area contributed by atoms with E-state index in [1.54, 1.807) is 4.72 Å². The van der Waals surface area contributed by atoms with Crippen LogP contribution in [0.3, 0.4) is 0 Å². The first-order chi connectivity index (χ1) is 7.74. The summed E-state index contributed by atoms with van der Waals surface area (Å²) in [4.78, 5) is 0. The van der Waals surface area contributed by atoms with Gasteiger partial charge in [0, 0.05) is 0 Å². The standard InChI is InChI=1S/C8H10BF2NO4S/c1-5-2-3-6(9(13)14)4-7(5)12-17(15,16)8(10)11/h2-4,8,12-14H,1H3. The van der Waals surface area contributed by atoms with Crippen molar-refractivity contribution >= 4 is 28.3 Å². The molecule has 0 spiro atoms. The molecule has 1 aromatic rings. The van der Waals surface area contributed by atoms with Crippen molar-refractivity contribution in [2.75, 3.05) is 4.72 Å². The second kappa shape index (κ2) is 4.99. The van der Waals surface area contributed by atoms with Gasteiger partial charge in [-0.1, -0.05) is 12.1 Å². The van der Waals surface area contributed by atoms with Gasteiger partial charge in [0.05, 0.1) is 5.69 Å². The molecule has 3 N–H and O–H groups in total. The number of hydrogen-bond donors (Lipinski definition) is 3. The lowest BCUT2D eigenvalue weighted by Crippen LogP contribution is -2.30. The number of nitrogens with one attached hydrogen (secondary N) is 1. The Balaban J connectivity index is 3.10. The van der Waals surface area contributed by atoms with Gasteiger partial charge in [-0.05, 0) is 24.0 Å². The third-order valence-electron chi connectivity index (χ3n) is 2.05. The molecule has 0 unspecified atom stereocenters. The summed E-state index contributed by atoms with van der Waals surface area (Å²) < 4.78 is 47.9. The first-order valence-electron chi connectivity index (χ1n) is 4.50. The monoisotopic (exact) mass is 265 g/mol. The average Bonchev–Trinajstić information content (AvgIpc) is 2.20. The minimum Gasteiger partial charge on any atom is -0.423 e. The second-order valence-electron chi connectivity index (χ2n) is 3.36. The van der Waals surface area contributed by atoms with E-state index in [1.165, 1.54) is 19.1 Å². The van der Waals surface area contributed by atoms with Crippen LogP contribution in [0.5, 0.6) is 0 Å². The molecule has 0 saturated carbocycles. The van der Waals surface area contributed by atoms with Crippen LogP contribution in [0.15, 0.2) is 18.2 Å². The Morgan fingerprint density at radius 1 is 1.35 bits per heavy atom. The highest BCUT2D eigenvalue weighted by Gasteiger charge is 2.24. The smallest absolute Gasteiger partial charge is 0.423 e. The quantitative estimate of drug-likeness (QED) is 0.649.